The highest BCUT2D eigenvalue weighted by molar-refractivity contribution is 5.36. The predicted octanol–water partition coefficient (Wildman–Crippen LogP) is 1.85. The van der Waals surface area contributed by atoms with Crippen molar-refractivity contribution in [3.8, 4) is 0 Å². The normalized spacial score (nSPS) is 11.2. The maximum Gasteiger partial charge on any atom is 0.155 e. The summed E-state index contributed by atoms with van der Waals surface area (Å²) in [5.74, 6) is 0.477. The van der Waals surface area contributed by atoms with Gasteiger partial charge in [-0.2, -0.15) is 5.10 Å². The van der Waals surface area contributed by atoms with Gasteiger partial charge in [0.1, 0.15) is 0 Å². The minimum atomic E-state index is 0.477. The molecular formula is C9H11N3. The summed E-state index contributed by atoms with van der Waals surface area (Å²) in [6.07, 6.45) is 3.70. The van der Waals surface area contributed by atoms with Gasteiger partial charge < -0.3 is 0 Å². The summed E-state index contributed by atoms with van der Waals surface area (Å²) >= 11 is 0. The minimum Gasteiger partial charge on any atom is -0.233 e. The van der Waals surface area contributed by atoms with E-state index >= 15 is 0 Å². The molecule has 2 heterocycles. The number of aromatic nitrogens is 3. The lowest BCUT2D eigenvalue weighted by atomic mass is 10.1. The van der Waals surface area contributed by atoms with Crippen molar-refractivity contribution in [2.24, 2.45) is 0 Å². The zero-order chi connectivity index (χ0) is 8.55. The third-order valence-electron chi connectivity index (χ3n) is 1.87. The van der Waals surface area contributed by atoms with Crippen molar-refractivity contribution in [3.05, 3.63) is 30.2 Å². The van der Waals surface area contributed by atoms with Crippen molar-refractivity contribution in [1.82, 2.24) is 14.6 Å². The zero-order valence-electron chi connectivity index (χ0n) is 7.23. The van der Waals surface area contributed by atoms with E-state index in [0.717, 1.165) is 11.3 Å². The van der Waals surface area contributed by atoms with Crippen molar-refractivity contribution in [1.29, 1.82) is 0 Å². The van der Waals surface area contributed by atoms with Crippen LogP contribution in [0.5, 0.6) is 0 Å². The molecular weight excluding hydrogens is 150 g/mol. The molecule has 0 atom stereocenters. The molecule has 0 aliphatic carbocycles. The molecule has 2 aromatic heterocycles. The first-order valence-corrected chi connectivity index (χ1v) is 4.07. The highest BCUT2D eigenvalue weighted by atomic mass is 15.2. The Hall–Kier alpha value is -1.38. The van der Waals surface area contributed by atoms with Crippen LogP contribution < -0.4 is 0 Å². The van der Waals surface area contributed by atoms with Crippen LogP contribution >= 0.6 is 0 Å². The molecule has 0 saturated heterocycles. The summed E-state index contributed by atoms with van der Waals surface area (Å²) in [7, 11) is 0. The highest BCUT2D eigenvalue weighted by Crippen LogP contribution is 2.11. The van der Waals surface area contributed by atoms with E-state index in [1.165, 1.54) is 0 Å². The average Bonchev–Trinajstić information content (AvgIpc) is 2.49. The Kier molecular flexibility index (Phi) is 1.57. The van der Waals surface area contributed by atoms with Gasteiger partial charge in [-0.1, -0.05) is 13.8 Å². The van der Waals surface area contributed by atoms with Crippen LogP contribution in [-0.2, 0) is 0 Å². The topological polar surface area (TPSA) is 30.2 Å². The lowest BCUT2D eigenvalue weighted by molar-refractivity contribution is 0.808. The molecule has 0 N–H and O–H groups in total. The van der Waals surface area contributed by atoms with E-state index in [-0.39, 0.29) is 0 Å². The molecule has 0 aliphatic rings. The Labute approximate surface area is 71.1 Å². The molecule has 0 radical (unpaired) electrons. The monoisotopic (exact) mass is 161 g/mol. The fourth-order valence-corrected chi connectivity index (χ4v) is 1.15. The fraction of sp³-hybridized carbons (Fsp3) is 0.333. The molecule has 3 heteroatoms. The Morgan fingerprint density at radius 2 is 2.17 bits per heavy atom. The van der Waals surface area contributed by atoms with Crippen LogP contribution in [-0.4, -0.2) is 14.6 Å². The molecule has 62 valence electrons. The van der Waals surface area contributed by atoms with Gasteiger partial charge in [0.25, 0.3) is 0 Å². The van der Waals surface area contributed by atoms with Crippen molar-refractivity contribution in [2.45, 2.75) is 19.8 Å². The van der Waals surface area contributed by atoms with Gasteiger partial charge >= 0.3 is 0 Å². The van der Waals surface area contributed by atoms with E-state index < -0.39 is 0 Å². The molecule has 0 fully saturated rings. The van der Waals surface area contributed by atoms with Crippen molar-refractivity contribution in [2.75, 3.05) is 0 Å². The van der Waals surface area contributed by atoms with Gasteiger partial charge in [-0.25, -0.2) is 9.50 Å². The predicted molar refractivity (Wildman–Crippen MR) is 47.1 cm³/mol. The van der Waals surface area contributed by atoms with E-state index in [9.17, 15) is 0 Å². The first kappa shape index (κ1) is 7.28. The second-order valence-electron chi connectivity index (χ2n) is 3.14. The number of hydrogen-bond donors (Lipinski definition) is 0. The van der Waals surface area contributed by atoms with E-state index in [0.29, 0.717) is 5.92 Å². The Morgan fingerprint density at radius 1 is 1.33 bits per heavy atom. The summed E-state index contributed by atoms with van der Waals surface area (Å²) in [5, 5.41) is 4.07. The van der Waals surface area contributed by atoms with Gasteiger partial charge in [-0.05, 0) is 12.0 Å². The first-order chi connectivity index (χ1) is 5.77. The van der Waals surface area contributed by atoms with Gasteiger partial charge in [-0.3, -0.25) is 0 Å². The summed E-state index contributed by atoms with van der Waals surface area (Å²) < 4.78 is 1.77. The second-order valence-corrected chi connectivity index (χ2v) is 3.14. The lowest BCUT2D eigenvalue weighted by Gasteiger charge is -2.02. The molecule has 12 heavy (non-hydrogen) atoms. The molecule has 0 bridgehead atoms. The summed E-state index contributed by atoms with van der Waals surface area (Å²) in [6.45, 7) is 4.27. The molecule has 0 unspecified atom stereocenters. The third-order valence-corrected chi connectivity index (χ3v) is 1.87. The van der Waals surface area contributed by atoms with Crippen LogP contribution in [0.3, 0.4) is 0 Å². The van der Waals surface area contributed by atoms with Gasteiger partial charge in [0, 0.05) is 18.0 Å². The molecule has 2 rings (SSSR count). The van der Waals surface area contributed by atoms with E-state index in [1.54, 1.807) is 10.7 Å². The van der Waals surface area contributed by atoms with Crippen LogP contribution in [0.15, 0.2) is 24.5 Å². The average molecular weight is 161 g/mol. The van der Waals surface area contributed by atoms with Crippen molar-refractivity contribution < 1.29 is 0 Å². The quantitative estimate of drug-likeness (QED) is 0.639. The number of rotatable bonds is 1. The number of fused-ring (bicyclic) bond motifs is 1. The largest absolute Gasteiger partial charge is 0.233 e. The molecule has 0 saturated carbocycles. The second kappa shape index (κ2) is 2.59. The zero-order valence-corrected chi connectivity index (χ0v) is 7.23. The van der Waals surface area contributed by atoms with Crippen LogP contribution in [0.4, 0.5) is 0 Å². The summed E-state index contributed by atoms with van der Waals surface area (Å²) in [5.41, 5.74) is 2.03. The standard InChI is InChI=1S/C9H11N3/c1-7(2)8-4-6-12-9(11-8)3-5-10-12/h3-7H,1-2H3. The van der Waals surface area contributed by atoms with Gasteiger partial charge in [-0.15, -0.1) is 0 Å². The van der Waals surface area contributed by atoms with Crippen LogP contribution in [0.1, 0.15) is 25.5 Å². The van der Waals surface area contributed by atoms with Gasteiger partial charge in [0.05, 0.1) is 6.20 Å². The molecule has 0 aromatic carbocycles. The molecule has 3 nitrogen and oxygen atoms in total. The molecule has 2 aromatic rings. The lowest BCUT2D eigenvalue weighted by Crippen LogP contribution is -1.96. The Morgan fingerprint density at radius 3 is 2.92 bits per heavy atom. The number of hydrogen-bond acceptors (Lipinski definition) is 2. The van der Waals surface area contributed by atoms with Crippen molar-refractivity contribution >= 4 is 5.65 Å². The van der Waals surface area contributed by atoms with E-state index in [1.807, 2.05) is 18.3 Å². The Bertz CT molecular complexity index is 389. The molecule has 0 amide bonds. The SMILES string of the molecule is CC(C)c1ccn2nccc2n1. The Balaban J connectivity index is 2.60. The van der Waals surface area contributed by atoms with Crippen molar-refractivity contribution in [3.63, 3.8) is 0 Å². The van der Waals surface area contributed by atoms with E-state index in [2.05, 4.69) is 23.9 Å². The fourth-order valence-electron chi connectivity index (χ4n) is 1.15. The number of nitrogens with zero attached hydrogens (tertiary/aromatic N) is 3. The third kappa shape index (κ3) is 1.07. The molecule has 0 spiro atoms. The summed E-state index contributed by atoms with van der Waals surface area (Å²) in [4.78, 5) is 4.44. The van der Waals surface area contributed by atoms with Gasteiger partial charge in [0.15, 0.2) is 5.65 Å². The molecule has 0 aliphatic heterocycles. The maximum atomic E-state index is 4.44. The smallest absolute Gasteiger partial charge is 0.155 e. The summed E-state index contributed by atoms with van der Waals surface area (Å²) in [6, 6.07) is 3.91. The van der Waals surface area contributed by atoms with Crippen LogP contribution in [0.2, 0.25) is 0 Å². The van der Waals surface area contributed by atoms with Gasteiger partial charge in [0.2, 0.25) is 0 Å². The van der Waals surface area contributed by atoms with E-state index in [4.69, 9.17) is 0 Å². The van der Waals surface area contributed by atoms with Crippen LogP contribution in [0, 0.1) is 0 Å². The first-order valence-electron chi connectivity index (χ1n) is 4.07. The minimum absolute atomic E-state index is 0.477. The van der Waals surface area contributed by atoms with Crippen LogP contribution in [0.25, 0.3) is 5.65 Å². The highest BCUT2D eigenvalue weighted by Gasteiger charge is 2.01. The maximum absolute atomic E-state index is 4.44.